The van der Waals surface area contributed by atoms with Crippen molar-refractivity contribution in [1.82, 2.24) is 10.2 Å². The highest BCUT2D eigenvalue weighted by molar-refractivity contribution is 8.03. The third-order valence-electron chi connectivity index (χ3n) is 3.13. The number of amides is 1. The molecule has 0 bridgehead atoms. The third-order valence-corrected chi connectivity index (χ3v) is 4.21. The Labute approximate surface area is 142 Å². The molecule has 1 N–H and O–H groups in total. The number of carbonyl (C=O) groups excluding carboxylic acids is 1. The van der Waals surface area contributed by atoms with Crippen LogP contribution in [0.5, 0.6) is 0 Å². The largest absolute Gasteiger partial charge is 0.382 e. The van der Waals surface area contributed by atoms with Gasteiger partial charge in [0.1, 0.15) is 0 Å². The minimum absolute atomic E-state index is 0.0384. The zero-order valence-electron chi connectivity index (χ0n) is 13.5. The van der Waals surface area contributed by atoms with E-state index in [1.807, 2.05) is 73.7 Å². The number of nitrogens with zero attached hydrogens (tertiary/aromatic N) is 1. The molecule has 2 rings (SSSR count). The van der Waals surface area contributed by atoms with Gasteiger partial charge in [-0.2, -0.15) is 0 Å². The van der Waals surface area contributed by atoms with Gasteiger partial charge in [-0.3, -0.25) is 4.79 Å². The minimum Gasteiger partial charge on any atom is -0.382 e. The van der Waals surface area contributed by atoms with Gasteiger partial charge in [0.05, 0.1) is 4.91 Å². The monoisotopic (exact) mass is 326 g/mol. The van der Waals surface area contributed by atoms with Crippen LogP contribution in [-0.4, -0.2) is 24.9 Å². The average molecular weight is 326 g/mol. The molecular weight excluding hydrogens is 304 g/mol. The Hall–Kier alpha value is -2.20. The lowest BCUT2D eigenvalue weighted by Crippen LogP contribution is -2.24. The highest BCUT2D eigenvalue weighted by atomic mass is 32.2. The number of thioether (sulfide) groups is 1. The van der Waals surface area contributed by atoms with Crippen LogP contribution in [0, 0.1) is 0 Å². The van der Waals surface area contributed by atoms with Gasteiger partial charge in [0.15, 0.2) is 0 Å². The third kappa shape index (κ3) is 6.20. The molecule has 2 aromatic rings. The van der Waals surface area contributed by atoms with Crippen molar-refractivity contribution in [3.05, 3.63) is 82.9 Å². The summed E-state index contributed by atoms with van der Waals surface area (Å²) >= 11 is 1.55. The Balaban J connectivity index is 1.96. The Morgan fingerprint density at radius 1 is 1.00 bits per heavy atom. The lowest BCUT2D eigenvalue weighted by Gasteiger charge is -2.12. The molecule has 0 aliphatic heterocycles. The summed E-state index contributed by atoms with van der Waals surface area (Å²) in [6.45, 7) is 0.538. The summed E-state index contributed by atoms with van der Waals surface area (Å²) in [6, 6.07) is 20.1. The van der Waals surface area contributed by atoms with Crippen molar-refractivity contribution < 1.29 is 4.79 Å². The number of benzene rings is 2. The van der Waals surface area contributed by atoms with Gasteiger partial charge < -0.3 is 10.2 Å². The number of hydrogen-bond donors (Lipinski definition) is 1. The molecule has 3 nitrogen and oxygen atoms in total. The van der Waals surface area contributed by atoms with Crippen LogP contribution < -0.4 is 5.32 Å². The number of hydrogen-bond acceptors (Lipinski definition) is 3. The van der Waals surface area contributed by atoms with Crippen LogP contribution in [0.1, 0.15) is 11.1 Å². The summed E-state index contributed by atoms with van der Waals surface area (Å²) in [4.78, 5) is 15.1. The molecule has 0 saturated heterocycles. The minimum atomic E-state index is -0.0384. The van der Waals surface area contributed by atoms with E-state index in [4.69, 9.17) is 0 Å². The summed E-state index contributed by atoms with van der Waals surface area (Å²) in [5.74, 6) is 0.739. The first kappa shape index (κ1) is 17.2. The van der Waals surface area contributed by atoms with Gasteiger partial charge in [-0.25, -0.2) is 0 Å². The summed E-state index contributed by atoms with van der Waals surface area (Å²) < 4.78 is 0. The van der Waals surface area contributed by atoms with Crippen LogP contribution in [0.4, 0.5) is 0 Å². The summed E-state index contributed by atoms with van der Waals surface area (Å²) in [6.07, 6.45) is 1.87. The predicted octanol–water partition coefficient (Wildman–Crippen LogP) is 3.64. The molecule has 0 fully saturated rings. The molecule has 0 aliphatic rings. The van der Waals surface area contributed by atoms with Crippen LogP contribution in [0.25, 0.3) is 0 Å². The molecule has 1 amide bonds. The van der Waals surface area contributed by atoms with Gasteiger partial charge in [-0.1, -0.05) is 60.7 Å². The molecule has 0 atom stereocenters. The van der Waals surface area contributed by atoms with Crippen LogP contribution in [-0.2, 0) is 17.1 Å². The van der Waals surface area contributed by atoms with E-state index < -0.39 is 0 Å². The van der Waals surface area contributed by atoms with E-state index >= 15 is 0 Å². The first-order valence-corrected chi connectivity index (χ1v) is 8.51. The summed E-state index contributed by atoms with van der Waals surface area (Å²) in [7, 11) is 3.85. The molecule has 120 valence electrons. The molecule has 0 heterocycles. The van der Waals surface area contributed by atoms with Crippen molar-refractivity contribution in [2.75, 3.05) is 14.1 Å². The van der Waals surface area contributed by atoms with E-state index in [1.54, 1.807) is 11.8 Å². The normalized spacial score (nSPS) is 11.1. The smallest absolute Gasteiger partial charge is 0.259 e. The SMILES string of the molecule is CN(C)/C=C(\SCc1ccccc1)C(=O)NCc1ccccc1. The van der Waals surface area contributed by atoms with E-state index in [2.05, 4.69) is 17.4 Å². The van der Waals surface area contributed by atoms with Crippen molar-refractivity contribution in [1.29, 1.82) is 0 Å². The highest BCUT2D eigenvalue weighted by Gasteiger charge is 2.11. The maximum atomic E-state index is 12.4. The molecule has 0 unspecified atom stereocenters. The van der Waals surface area contributed by atoms with Crippen LogP contribution >= 0.6 is 11.8 Å². The van der Waals surface area contributed by atoms with Gasteiger partial charge in [0, 0.05) is 32.6 Å². The second-order valence-corrected chi connectivity index (χ2v) is 6.42. The Morgan fingerprint density at radius 2 is 1.57 bits per heavy atom. The fraction of sp³-hybridized carbons (Fsp3) is 0.211. The molecule has 23 heavy (non-hydrogen) atoms. The Kier molecular flexibility index (Phi) is 6.76. The Bertz CT molecular complexity index is 639. The van der Waals surface area contributed by atoms with Crippen LogP contribution in [0.15, 0.2) is 71.8 Å². The first-order chi connectivity index (χ1) is 11.1. The van der Waals surface area contributed by atoms with E-state index in [9.17, 15) is 4.79 Å². The maximum absolute atomic E-state index is 12.4. The number of carbonyl (C=O) groups is 1. The van der Waals surface area contributed by atoms with Crippen molar-refractivity contribution in [2.24, 2.45) is 0 Å². The first-order valence-electron chi connectivity index (χ1n) is 7.52. The maximum Gasteiger partial charge on any atom is 0.259 e. The molecule has 0 aromatic heterocycles. The molecule has 2 aromatic carbocycles. The second-order valence-electron chi connectivity index (χ2n) is 5.40. The predicted molar refractivity (Wildman–Crippen MR) is 97.8 cm³/mol. The summed E-state index contributed by atoms with van der Waals surface area (Å²) in [5.41, 5.74) is 2.30. The molecular formula is C19H22N2OS. The average Bonchev–Trinajstić information content (AvgIpc) is 2.58. The number of nitrogens with one attached hydrogen (secondary N) is 1. The lowest BCUT2D eigenvalue weighted by molar-refractivity contribution is -0.117. The molecule has 0 saturated carbocycles. The summed E-state index contributed by atoms with van der Waals surface area (Å²) in [5, 5.41) is 2.99. The van der Waals surface area contributed by atoms with Crippen LogP contribution in [0.2, 0.25) is 0 Å². The second kappa shape index (κ2) is 9.06. The Morgan fingerprint density at radius 3 is 2.13 bits per heavy atom. The van der Waals surface area contributed by atoms with Gasteiger partial charge in [-0.05, 0) is 11.1 Å². The van der Waals surface area contributed by atoms with E-state index in [0.717, 1.165) is 16.2 Å². The topological polar surface area (TPSA) is 32.3 Å². The van der Waals surface area contributed by atoms with Crippen molar-refractivity contribution >= 4 is 17.7 Å². The van der Waals surface area contributed by atoms with Crippen molar-refractivity contribution in [3.63, 3.8) is 0 Å². The van der Waals surface area contributed by atoms with Gasteiger partial charge in [0.25, 0.3) is 5.91 Å². The molecule has 4 heteroatoms. The molecule has 0 aliphatic carbocycles. The fourth-order valence-electron chi connectivity index (χ4n) is 2.00. The standard InChI is InChI=1S/C19H22N2OS/c1-21(2)14-18(23-15-17-11-7-4-8-12-17)19(22)20-13-16-9-5-3-6-10-16/h3-12,14H,13,15H2,1-2H3,(H,20,22)/b18-14-. The van der Waals surface area contributed by atoms with Gasteiger partial charge >= 0.3 is 0 Å². The van der Waals surface area contributed by atoms with E-state index in [0.29, 0.717) is 6.54 Å². The van der Waals surface area contributed by atoms with E-state index in [1.165, 1.54) is 5.56 Å². The molecule has 0 spiro atoms. The van der Waals surface area contributed by atoms with Crippen molar-refractivity contribution in [3.8, 4) is 0 Å². The van der Waals surface area contributed by atoms with Gasteiger partial charge in [-0.15, -0.1) is 11.8 Å². The zero-order valence-corrected chi connectivity index (χ0v) is 14.3. The lowest BCUT2D eigenvalue weighted by atomic mass is 10.2. The quantitative estimate of drug-likeness (QED) is 0.789. The molecule has 0 radical (unpaired) electrons. The van der Waals surface area contributed by atoms with Gasteiger partial charge in [0.2, 0.25) is 0 Å². The highest BCUT2D eigenvalue weighted by Crippen LogP contribution is 2.22. The van der Waals surface area contributed by atoms with E-state index in [-0.39, 0.29) is 5.91 Å². The zero-order chi connectivity index (χ0) is 16.5. The van der Waals surface area contributed by atoms with Crippen LogP contribution in [0.3, 0.4) is 0 Å². The van der Waals surface area contributed by atoms with Crippen molar-refractivity contribution in [2.45, 2.75) is 12.3 Å². The number of rotatable bonds is 7. The fourth-order valence-corrected chi connectivity index (χ4v) is 3.00.